The number of hydrogen-bond donors (Lipinski definition) is 0. The molecule has 0 radical (unpaired) electrons. The largest absolute Gasteiger partial charge is 0.467 e. The third kappa shape index (κ3) is 2.81. The third-order valence-corrected chi connectivity index (χ3v) is 5.53. The number of carbonyl (C=O) groups is 1. The first-order valence-electron chi connectivity index (χ1n) is 8.88. The number of furan rings is 1. The predicted molar refractivity (Wildman–Crippen MR) is 107 cm³/mol. The Morgan fingerprint density at radius 2 is 1.90 bits per heavy atom. The smallest absolute Gasteiger partial charge is 0.291 e. The van der Waals surface area contributed by atoms with E-state index in [1.165, 1.54) is 17.2 Å². The van der Waals surface area contributed by atoms with Gasteiger partial charge in [0.2, 0.25) is 5.76 Å². The monoisotopic (exact) mass is 453 g/mol. The van der Waals surface area contributed by atoms with Crippen molar-refractivity contribution in [2.45, 2.75) is 12.6 Å². The van der Waals surface area contributed by atoms with Crippen LogP contribution in [0.5, 0.6) is 0 Å². The Morgan fingerprint density at radius 3 is 2.66 bits per heavy atom. The Labute approximate surface area is 172 Å². The summed E-state index contributed by atoms with van der Waals surface area (Å²) in [6.07, 6.45) is 1.50. The lowest BCUT2D eigenvalue weighted by Gasteiger charge is -2.24. The van der Waals surface area contributed by atoms with Crippen LogP contribution in [-0.2, 0) is 6.54 Å². The molecule has 0 fully saturated rings. The molecule has 0 saturated heterocycles. The molecular weight excluding hydrogens is 441 g/mol. The van der Waals surface area contributed by atoms with Crippen LogP contribution in [0.4, 0.5) is 4.39 Å². The molecule has 1 amide bonds. The van der Waals surface area contributed by atoms with Gasteiger partial charge in [-0.05, 0) is 36.4 Å². The molecule has 0 unspecified atom stereocenters. The van der Waals surface area contributed by atoms with E-state index in [9.17, 15) is 14.0 Å². The summed E-state index contributed by atoms with van der Waals surface area (Å²) < 4.78 is 26.6. The van der Waals surface area contributed by atoms with Crippen molar-refractivity contribution >= 4 is 32.8 Å². The van der Waals surface area contributed by atoms with Gasteiger partial charge in [0.05, 0.1) is 29.8 Å². The Morgan fingerprint density at radius 1 is 1.07 bits per heavy atom. The molecule has 1 aliphatic rings. The van der Waals surface area contributed by atoms with Gasteiger partial charge in [0.15, 0.2) is 5.43 Å². The van der Waals surface area contributed by atoms with Gasteiger partial charge >= 0.3 is 0 Å². The maximum atomic E-state index is 14.7. The molecule has 29 heavy (non-hydrogen) atoms. The highest BCUT2D eigenvalue weighted by Crippen LogP contribution is 2.40. The summed E-state index contributed by atoms with van der Waals surface area (Å²) in [6.45, 7) is 0.0779. The fourth-order valence-electron chi connectivity index (χ4n) is 3.75. The summed E-state index contributed by atoms with van der Waals surface area (Å²) in [5.41, 5.74) is 0.314. The summed E-state index contributed by atoms with van der Waals surface area (Å²) in [7, 11) is 0. The maximum Gasteiger partial charge on any atom is 0.291 e. The summed E-state index contributed by atoms with van der Waals surface area (Å²) >= 11 is 3.35. The van der Waals surface area contributed by atoms with Crippen LogP contribution in [0.2, 0.25) is 0 Å². The Bertz CT molecular complexity index is 1310. The quantitative estimate of drug-likeness (QED) is 0.436. The van der Waals surface area contributed by atoms with Gasteiger partial charge in [0.25, 0.3) is 5.91 Å². The molecule has 0 spiro atoms. The van der Waals surface area contributed by atoms with Crippen molar-refractivity contribution < 1.29 is 18.0 Å². The highest BCUT2D eigenvalue weighted by molar-refractivity contribution is 9.10. The molecule has 5 nitrogen and oxygen atoms in total. The van der Waals surface area contributed by atoms with Gasteiger partial charge in [0, 0.05) is 10.0 Å². The molecule has 0 saturated carbocycles. The number of benzene rings is 2. The average Bonchev–Trinajstić information content (AvgIpc) is 3.31. The molecule has 4 aromatic rings. The van der Waals surface area contributed by atoms with E-state index in [0.717, 1.165) is 0 Å². The lowest BCUT2D eigenvalue weighted by atomic mass is 9.98. The Hall–Kier alpha value is -3.19. The lowest BCUT2D eigenvalue weighted by molar-refractivity contribution is 0.0699. The van der Waals surface area contributed by atoms with Crippen molar-refractivity contribution in [2.75, 3.05) is 0 Å². The van der Waals surface area contributed by atoms with Crippen molar-refractivity contribution in [2.24, 2.45) is 0 Å². The average molecular weight is 454 g/mol. The van der Waals surface area contributed by atoms with E-state index < -0.39 is 17.8 Å². The normalized spacial score (nSPS) is 15.9. The number of carbonyl (C=O) groups excluding carboxylic acids is 1. The van der Waals surface area contributed by atoms with Gasteiger partial charge < -0.3 is 13.7 Å². The first kappa shape index (κ1) is 17.9. The highest BCUT2D eigenvalue weighted by atomic mass is 79.9. The van der Waals surface area contributed by atoms with Crippen LogP contribution in [0.1, 0.15) is 33.5 Å². The van der Waals surface area contributed by atoms with Crippen molar-refractivity contribution in [1.82, 2.24) is 4.90 Å². The molecule has 0 N–H and O–H groups in total. The summed E-state index contributed by atoms with van der Waals surface area (Å²) in [5.74, 6) is -0.528. The first-order valence-corrected chi connectivity index (χ1v) is 9.68. The standard InChI is InChI=1S/C22H13BrFNO4/c23-12-7-8-17-15(10-12)20(26)18-19(14-5-1-2-6-16(14)24)25(22(27)21(18)29-17)11-13-4-3-9-28-13/h1-10,19H,11H2/t19-/m1/s1. The van der Waals surface area contributed by atoms with E-state index >= 15 is 0 Å². The van der Waals surface area contributed by atoms with E-state index in [4.69, 9.17) is 8.83 Å². The first-order chi connectivity index (χ1) is 14.0. The minimum atomic E-state index is -0.913. The molecule has 144 valence electrons. The van der Waals surface area contributed by atoms with E-state index in [1.54, 1.807) is 48.5 Å². The topological polar surface area (TPSA) is 63.7 Å². The van der Waals surface area contributed by atoms with Crippen molar-refractivity contribution in [3.63, 3.8) is 0 Å². The fraction of sp³-hybridized carbons (Fsp3) is 0.0909. The van der Waals surface area contributed by atoms with Crippen LogP contribution < -0.4 is 5.43 Å². The number of hydrogen-bond acceptors (Lipinski definition) is 4. The number of amides is 1. The van der Waals surface area contributed by atoms with Crippen molar-refractivity contribution in [1.29, 1.82) is 0 Å². The molecule has 5 rings (SSSR count). The van der Waals surface area contributed by atoms with Gasteiger partial charge in [-0.1, -0.05) is 34.1 Å². The Kier molecular flexibility index (Phi) is 4.13. The minimum Gasteiger partial charge on any atom is -0.467 e. The molecule has 2 aromatic heterocycles. The number of rotatable bonds is 3. The number of halogens is 2. The zero-order chi connectivity index (χ0) is 20.1. The minimum absolute atomic E-state index is 0.0652. The van der Waals surface area contributed by atoms with E-state index in [2.05, 4.69) is 15.9 Å². The SMILES string of the molecule is O=C1c2oc3ccc(Br)cc3c(=O)c2[C@@H](c2ccccc2F)N1Cc1ccco1. The van der Waals surface area contributed by atoms with Gasteiger partial charge in [0.1, 0.15) is 17.2 Å². The molecule has 2 aromatic carbocycles. The van der Waals surface area contributed by atoms with Crippen molar-refractivity contribution in [3.05, 3.63) is 104 Å². The maximum absolute atomic E-state index is 14.7. The molecule has 1 aliphatic heterocycles. The summed E-state index contributed by atoms with van der Waals surface area (Å²) in [4.78, 5) is 28.0. The van der Waals surface area contributed by atoms with Gasteiger partial charge in [-0.25, -0.2) is 4.39 Å². The van der Waals surface area contributed by atoms with E-state index in [-0.39, 0.29) is 28.9 Å². The molecule has 1 atom stereocenters. The molecular formula is C22H13BrFNO4. The number of nitrogens with zero attached hydrogens (tertiary/aromatic N) is 1. The zero-order valence-electron chi connectivity index (χ0n) is 14.9. The molecule has 3 heterocycles. The van der Waals surface area contributed by atoms with Gasteiger partial charge in [-0.3, -0.25) is 9.59 Å². The predicted octanol–water partition coefficient (Wildman–Crippen LogP) is 5.03. The second-order valence-electron chi connectivity index (χ2n) is 6.75. The summed E-state index contributed by atoms with van der Waals surface area (Å²) in [6, 6.07) is 13.6. The van der Waals surface area contributed by atoms with E-state index in [0.29, 0.717) is 21.2 Å². The van der Waals surface area contributed by atoms with Crippen LogP contribution in [0.25, 0.3) is 11.0 Å². The zero-order valence-corrected chi connectivity index (χ0v) is 16.5. The fourth-order valence-corrected chi connectivity index (χ4v) is 4.11. The molecule has 0 bridgehead atoms. The van der Waals surface area contributed by atoms with E-state index in [1.807, 2.05) is 0 Å². The highest BCUT2D eigenvalue weighted by Gasteiger charge is 2.44. The Balaban J connectivity index is 1.78. The molecule has 0 aliphatic carbocycles. The number of fused-ring (bicyclic) bond motifs is 2. The third-order valence-electron chi connectivity index (χ3n) is 5.03. The van der Waals surface area contributed by atoms with Crippen molar-refractivity contribution in [3.8, 4) is 0 Å². The van der Waals surface area contributed by atoms with Gasteiger partial charge in [-0.15, -0.1) is 0 Å². The second-order valence-corrected chi connectivity index (χ2v) is 7.67. The second kappa shape index (κ2) is 6.70. The van der Waals surface area contributed by atoms with Gasteiger partial charge in [-0.2, -0.15) is 0 Å². The van der Waals surface area contributed by atoms with Crippen LogP contribution in [-0.4, -0.2) is 10.8 Å². The molecule has 7 heteroatoms. The summed E-state index contributed by atoms with van der Waals surface area (Å²) in [5, 5.41) is 0.326. The van der Waals surface area contributed by atoms with Crippen LogP contribution in [0.15, 0.2) is 79.0 Å². The van der Waals surface area contributed by atoms with Crippen LogP contribution in [0, 0.1) is 5.82 Å². The van der Waals surface area contributed by atoms with Crippen LogP contribution >= 0.6 is 15.9 Å². The van der Waals surface area contributed by atoms with Crippen LogP contribution in [0.3, 0.4) is 0 Å². The lowest BCUT2D eigenvalue weighted by Crippen LogP contribution is -2.29.